The summed E-state index contributed by atoms with van der Waals surface area (Å²) in [5.41, 5.74) is 1.51. The number of aromatic hydroxyl groups is 1. The first-order valence-corrected chi connectivity index (χ1v) is 5.74. The van der Waals surface area contributed by atoms with Gasteiger partial charge < -0.3 is 5.11 Å². The van der Waals surface area contributed by atoms with E-state index in [4.69, 9.17) is 0 Å². The van der Waals surface area contributed by atoms with Gasteiger partial charge in [-0.2, -0.15) is 0 Å². The summed E-state index contributed by atoms with van der Waals surface area (Å²) < 4.78 is 0. The Morgan fingerprint density at radius 2 is 1.93 bits per heavy atom. The second kappa shape index (κ2) is 4.69. The molecule has 0 aliphatic rings. The van der Waals surface area contributed by atoms with Crippen LogP contribution in [-0.2, 0) is 0 Å². The van der Waals surface area contributed by atoms with Gasteiger partial charge >= 0.3 is 0 Å². The first kappa shape index (κ1) is 12.1. The fourth-order valence-electron chi connectivity index (χ4n) is 2.13. The Kier molecular flexibility index (Phi) is 3.78. The minimum absolute atomic E-state index is 0.254. The maximum absolute atomic E-state index is 9.50. The van der Waals surface area contributed by atoms with Crippen molar-refractivity contribution in [3.8, 4) is 5.75 Å². The van der Waals surface area contributed by atoms with E-state index in [1.165, 1.54) is 18.4 Å². The fraction of sp³-hybridized carbons (Fsp3) is 0.571. The van der Waals surface area contributed by atoms with Gasteiger partial charge in [-0.15, -0.1) is 0 Å². The van der Waals surface area contributed by atoms with Crippen LogP contribution in [-0.4, -0.2) is 5.11 Å². The maximum Gasteiger partial charge on any atom is 0.115 e. The first-order valence-electron chi connectivity index (χ1n) is 5.74. The lowest BCUT2D eigenvalue weighted by molar-refractivity contribution is 0.302. The zero-order valence-electron chi connectivity index (χ0n) is 10.2. The molecule has 1 nitrogen and oxygen atoms in total. The standard InChI is InChI=1S/C14H22O/c1-5-7-13(14(2,3)4)11-8-6-9-12(15)10-11/h6,8-10,13,15H,5,7H2,1-4H3. The van der Waals surface area contributed by atoms with Gasteiger partial charge in [0.2, 0.25) is 0 Å². The molecule has 84 valence electrons. The summed E-state index contributed by atoms with van der Waals surface area (Å²) in [6.07, 6.45) is 2.35. The van der Waals surface area contributed by atoms with Crippen molar-refractivity contribution in [2.45, 2.75) is 46.5 Å². The molecule has 0 spiro atoms. The van der Waals surface area contributed by atoms with Gasteiger partial charge in [0.25, 0.3) is 0 Å². The average molecular weight is 206 g/mol. The van der Waals surface area contributed by atoms with Crippen LogP contribution in [0.1, 0.15) is 52.0 Å². The third-order valence-corrected chi connectivity index (χ3v) is 2.90. The Morgan fingerprint density at radius 3 is 2.40 bits per heavy atom. The van der Waals surface area contributed by atoms with E-state index in [-0.39, 0.29) is 5.41 Å². The van der Waals surface area contributed by atoms with E-state index < -0.39 is 0 Å². The topological polar surface area (TPSA) is 20.2 Å². The average Bonchev–Trinajstić information content (AvgIpc) is 2.12. The SMILES string of the molecule is CCCC(c1cccc(O)c1)C(C)(C)C. The summed E-state index contributed by atoms with van der Waals surface area (Å²) in [6, 6.07) is 7.67. The van der Waals surface area contributed by atoms with E-state index in [2.05, 4.69) is 33.8 Å². The fourth-order valence-corrected chi connectivity index (χ4v) is 2.13. The lowest BCUT2D eigenvalue weighted by Crippen LogP contribution is -2.18. The smallest absolute Gasteiger partial charge is 0.115 e. The van der Waals surface area contributed by atoms with Crippen molar-refractivity contribution in [1.82, 2.24) is 0 Å². The molecule has 15 heavy (non-hydrogen) atoms. The predicted molar refractivity (Wildman–Crippen MR) is 65.2 cm³/mol. The number of rotatable bonds is 3. The Bertz CT molecular complexity index is 309. The van der Waals surface area contributed by atoms with Gasteiger partial charge in [-0.25, -0.2) is 0 Å². The summed E-state index contributed by atoms with van der Waals surface area (Å²) in [6.45, 7) is 8.99. The molecule has 0 radical (unpaired) electrons. The van der Waals surface area contributed by atoms with Crippen LogP contribution in [0.2, 0.25) is 0 Å². The molecule has 0 heterocycles. The molecule has 0 fully saturated rings. The predicted octanol–water partition coefficient (Wildman–Crippen LogP) is 4.32. The number of hydrogen-bond donors (Lipinski definition) is 1. The lowest BCUT2D eigenvalue weighted by atomic mass is 9.74. The summed E-state index contributed by atoms with van der Waals surface area (Å²) in [5.74, 6) is 0.896. The van der Waals surface area contributed by atoms with Crippen LogP contribution in [0.3, 0.4) is 0 Å². The van der Waals surface area contributed by atoms with Gasteiger partial charge in [0.15, 0.2) is 0 Å². The van der Waals surface area contributed by atoms with Crippen LogP contribution < -0.4 is 0 Å². The van der Waals surface area contributed by atoms with Crippen LogP contribution in [0.25, 0.3) is 0 Å². The minimum Gasteiger partial charge on any atom is -0.508 e. The van der Waals surface area contributed by atoms with Crippen LogP contribution in [0.15, 0.2) is 24.3 Å². The van der Waals surface area contributed by atoms with Crippen molar-refractivity contribution in [2.24, 2.45) is 5.41 Å². The Morgan fingerprint density at radius 1 is 1.27 bits per heavy atom. The largest absolute Gasteiger partial charge is 0.508 e. The van der Waals surface area contributed by atoms with Crippen molar-refractivity contribution in [1.29, 1.82) is 0 Å². The van der Waals surface area contributed by atoms with E-state index in [1.54, 1.807) is 6.07 Å². The van der Waals surface area contributed by atoms with Gasteiger partial charge in [-0.1, -0.05) is 46.2 Å². The molecule has 0 aliphatic carbocycles. The Balaban J connectivity index is 2.99. The third-order valence-electron chi connectivity index (χ3n) is 2.90. The summed E-state index contributed by atoms with van der Waals surface area (Å²) >= 11 is 0. The molecule has 1 N–H and O–H groups in total. The highest BCUT2D eigenvalue weighted by Gasteiger charge is 2.25. The first-order chi connectivity index (χ1) is 6.95. The van der Waals surface area contributed by atoms with Gasteiger partial charge in [0, 0.05) is 0 Å². The van der Waals surface area contributed by atoms with E-state index in [0.29, 0.717) is 11.7 Å². The molecule has 1 rings (SSSR count). The second-order valence-corrected chi connectivity index (χ2v) is 5.30. The molecule has 1 atom stereocenters. The number of phenols is 1. The van der Waals surface area contributed by atoms with Crippen LogP contribution in [0.4, 0.5) is 0 Å². The van der Waals surface area contributed by atoms with Crippen LogP contribution >= 0.6 is 0 Å². The molecule has 1 heteroatoms. The molecule has 0 amide bonds. The van der Waals surface area contributed by atoms with Crippen LogP contribution in [0.5, 0.6) is 5.75 Å². The van der Waals surface area contributed by atoms with E-state index >= 15 is 0 Å². The Hall–Kier alpha value is -0.980. The minimum atomic E-state index is 0.254. The van der Waals surface area contributed by atoms with Gasteiger partial charge in [0.05, 0.1) is 0 Å². The summed E-state index contributed by atoms with van der Waals surface area (Å²) in [5, 5.41) is 9.50. The molecule has 0 bridgehead atoms. The van der Waals surface area contributed by atoms with Gasteiger partial charge in [-0.3, -0.25) is 0 Å². The van der Waals surface area contributed by atoms with Crippen molar-refractivity contribution < 1.29 is 5.11 Å². The number of hydrogen-bond acceptors (Lipinski definition) is 1. The summed E-state index contributed by atoms with van der Waals surface area (Å²) in [4.78, 5) is 0. The van der Waals surface area contributed by atoms with Crippen molar-refractivity contribution in [3.05, 3.63) is 29.8 Å². The highest BCUT2D eigenvalue weighted by molar-refractivity contribution is 5.30. The quantitative estimate of drug-likeness (QED) is 0.780. The van der Waals surface area contributed by atoms with Crippen molar-refractivity contribution in [3.63, 3.8) is 0 Å². The van der Waals surface area contributed by atoms with E-state index in [9.17, 15) is 5.11 Å². The maximum atomic E-state index is 9.50. The molecule has 0 aliphatic heterocycles. The normalized spacial score (nSPS) is 13.9. The number of benzene rings is 1. The van der Waals surface area contributed by atoms with Gasteiger partial charge in [0.1, 0.15) is 5.75 Å². The highest BCUT2D eigenvalue weighted by Crippen LogP contribution is 2.39. The number of phenolic OH excluding ortho intramolecular Hbond substituents is 1. The van der Waals surface area contributed by atoms with Crippen molar-refractivity contribution >= 4 is 0 Å². The summed E-state index contributed by atoms with van der Waals surface area (Å²) in [7, 11) is 0. The zero-order valence-corrected chi connectivity index (χ0v) is 10.2. The molecular weight excluding hydrogens is 184 g/mol. The molecular formula is C14H22O. The van der Waals surface area contributed by atoms with E-state index in [0.717, 1.165) is 0 Å². The lowest BCUT2D eigenvalue weighted by Gasteiger charge is -2.31. The molecule has 0 saturated carbocycles. The molecule has 1 aromatic rings. The molecule has 0 aromatic heterocycles. The molecule has 1 aromatic carbocycles. The molecule has 1 unspecified atom stereocenters. The van der Waals surface area contributed by atoms with Crippen LogP contribution in [0, 0.1) is 5.41 Å². The van der Waals surface area contributed by atoms with E-state index in [1.807, 2.05) is 12.1 Å². The Labute approximate surface area is 93.1 Å². The van der Waals surface area contributed by atoms with Crippen molar-refractivity contribution in [2.75, 3.05) is 0 Å². The monoisotopic (exact) mass is 206 g/mol. The second-order valence-electron chi connectivity index (χ2n) is 5.30. The van der Waals surface area contributed by atoms with Gasteiger partial charge in [-0.05, 0) is 35.4 Å². The third kappa shape index (κ3) is 3.26. The molecule has 0 saturated heterocycles. The highest BCUT2D eigenvalue weighted by atomic mass is 16.3. The zero-order chi connectivity index (χ0) is 11.5.